The quantitative estimate of drug-likeness (QED) is 0.558. The van der Waals surface area contributed by atoms with Crippen LogP contribution in [0.1, 0.15) is 79.7 Å². The van der Waals surface area contributed by atoms with E-state index in [1.54, 1.807) is 0 Å². The smallest absolute Gasteiger partial charge is 0.157 e. The van der Waals surface area contributed by atoms with E-state index in [2.05, 4.69) is 39.8 Å². The number of phenolic OH excluding ortho intramolecular Hbond substituents is 2. The van der Waals surface area contributed by atoms with Crippen LogP contribution < -0.4 is 4.74 Å². The molecular weight excluding hydrogens is 356 g/mol. The summed E-state index contributed by atoms with van der Waals surface area (Å²) in [5, 5.41) is 21.2. The monoisotopic (exact) mass is 386 g/mol. The Morgan fingerprint density at radius 1 is 1.14 bits per heavy atom. The number of phenols is 2. The number of fused-ring (bicyclic) bond motifs is 2. The minimum absolute atomic E-state index is 0.0669. The van der Waals surface area contributed by atoms with Crippen LogP contribution in [0.3, 0.4) is 0 Å². The Morgan fingerprint density at radius 2 is 1.79 bits per heavy atom. The molecule has 0 saturated heterocycles. The number of ether oxygens (including phenoxy) is 1. The van der Waals surface area contributed by atoms with Gasteiger partial charge in [0.1, 0.15) is 22.8 Å². The molecule has 0 spiro atoms. The van der Waals surface area contributed by atoms with Crippen LogP contribution in [-0.4, -0.2) is 28.4 Å². The summed E-state index contributed by atoms with van der Waals surface area (Å²) in [5.74, 6) is 0.638. The molecule has 0 bridgehead atoms. The van der Waals surface area contributed by atoms with Gasteiger partial charge in [-0.2, -0.15) is 0 Å². The Morgan fingerprint density at radius 3 is 2.32 bits per heavy atom. The molecule has 4 atom stereocenters. The summed E-state index contributed by atoms with van der Waals surface area (Å²) >= 11 is 0. The van der Waals surface area contributed by atoms with E-state index in [1.807, 2.05) is 6.92 Å². The largest absolute Gasteiger partial charge is 0.507 e. The summed E-state index contributed by atoms with van der Waals surface area (Å²) < 4.78 is 6.29. The molecular formula is C23H30O5. The molecule has 0 radical (unpaired) electrons. The summed E-state index contributed by atoms with van der Waals surface area (Å²) in [5.41, 5.74) is -0.468. The Kier molecular flexibility index (Phi) is 5.30. The minimum Gasteiger partial charge on any atom is -0.507 e. The highest BCUT2D eigenvalue weighted by molar-refractivity contribution is 5.95. The van der Waals surface area contributed by atoms with Gasteiger partial charge in [-0.25, -0.2) is 0 Å². The molecule has 1 aliphatic carbocycles. The number of rotatable bonds is 5. The van der Waals surface area contributed by atoms with Gasteiger partial charge in [0, 0.05) is 11.5 Å². The summed E-state index contributed by atoms with van der Waals surface area (Å²) in [6.45, 7) is 10.6. The first-order chi connectivity index (χ1) is 13.1. The number of carbonyl (C=O) groups excluding carboxylic acids is 2. The molecule has 2 N–H and O–H groups in total. The van der Waals surface area contributed by atoms with Crippen LogP contribution in [0, 0.1) is 23.7 Å². The molecule has 0 fully saturated rings. The van der Waals surface area contributed by atoms with E-state index < -0.39 is 11.4 Å². The molecule has 28 heavy (non-hydrogen) atoms. The van der Waals surface area contributed by atoms with E-state index in [-0.39, 0.29) is 34.5 Å². The van der Waals surface area contributed by atoms with Crippen LogP contribution in [0.2, 0.25) is 0 Å². The van der Waals surface area contributed by atoms with Gasteiger partial charge in [0.25, 0.3) is 0 Å². The second-order valence-corrected chi connectivity index (χ2v) is 9.13. The maximum atomic E-state index is 11.8. The molecule has 1 aromatic rings. The fourth-order valence-electron chi connectivity index (χ4n) is 4.86. The van der Waals surface area contributed by atoms with Crippen molar-refractivity contribution in [3.05, 3.63) is 28.8 Å². The second-order valence-electron chi connectivity index (χ2n) is 9.13. The first kappa shape index (κ1) is 20.4. The minimum atomic E-state index is -0.642. The van der Waals surface area contributed by atoms with E-state index in [0.29, 0.717) is 35.9 Å². The molecule has 0 amide bonds. The van der Waals surface area contributed by atoms with Crippen molar-refractivity contribution in [3.63, 3.8) is 0 Å². The number of carbonyl (C=O) groups is 2. The Balaban J connectivity index is 2.28. The molecule has 1 aliphatic heterocycles. The van der Waals surface area contributed by atoms with Crippen molar-refractivity contribution in [1.82, 2.24) is 0 Å². The lowest BCUT2D eigenvalue weighted by Crippen LogP contribution is -2.49. The van der Waals surface area contributed by atoms with Gasteiger partial charge in [0.05, 0.1) is 11.1 Å². The predicted octanol–water partition coefficient (Wildman–Crippen LogP) is 4.85. The van der Waals surface area contributed by atoms with E-state index in [9.17, 15) is 19.8 Å². The van der Waals surface area contributed by atoms with Crippen molar-refractivity contribution in [2.45, 2.75) is 59.0 Å². The number of aldehydes is 2. The number of allylic oxidation sites excluding steroid dienone is 1. The van der Waals surface area contributed by atoms with Crippen molar-refractivity contribution in [2.75, 3.05) is 0 Å². The van der Waals surface area contributed by atoms with Crippen LogP contribution >= 0.6 is 0 Å². The number of hydrogen-bond donors (Lipinski definition) is 2. The highest BCUT2D eigenvalue weighted by atomic mass is 16.5. The van der Waals surface area contributed by atoms with E-state index in [0.717, 1.165) is 12.8 Å². The zero-order valence-corrected chi connectivity index (χ0v) is 17.2. The van der Waals surface area contributed by atoms with Crippen molar-refractivity contribution in [3.8, 4) is 17.2 Å². The molecule has 0 saturated carbocycles. The zero-order valence-electron chi connectivity index (χ0n) is 17.2. The molecule has 152 valence electrons. The van der Waals surface area contributed by atoms with Crippen molar-refractivity contribution in [1.29, 1.82) is 0 Å². The SMILES string of the molecule is CC(C)C[C@H]1c2c(O)c(C=O)c(O)c(C=O)c2O[C@]2(C)C=CC(C(C)C)CC12. The molecule has 3 rings (SSSR count). The third-order valence-electron chi connectivity index (χ3n) is 6.44. The van der Waals surface area contributed by atoms with Gasteiger partial charge < -0.3 is 14.9 Å². The molecule has 2 unspecified atom stereocenters. The summed E-state index contributed by atoms with van der Waals surface area (Å²) in [4.78, 5) is 23.3. The van der Waals surface area contributed by atoms with Gasteiger partial charge in [0.2, 0.25) is 0 Å². The van der Waals surface area contributed by atoms with Gasteiger partial charge in [-0.15, -0.1) is 0 Å². The zero-order chi connectivity index (χ0) is 20.8. The standard InChI is InChI=1S/C23H30O5/c1-12(2)8-15-18-9-14(13(3)4)6-7-23(18,5)28-22-17(11-25)20(26)16(10-24)21(27)19(15)22/h6-7,10-15,18,26-27H,8-9H2,1-5H3/t14?,15-,18?,23-/m1/s1. The van der Waals surface area contributed by atoms with Crippen LogP contribution in [0.5, 0.6) is 17.2 Å². The molecule has 5 nitrogen and oxygen atoms in total. The van der Waals surface area contributed by atoms with E-state index in [1.165, 1.54) is 0 Å². The van der Waals surface area contributed by atoms with Crippen LogP contribution in [-0.2, 0) is 0 Å². The third-order valence-corrected chi connectivity index (χ3v) is 6.44. The number of aromatic hydroxyl groups is 2. The van der Waals surface area contributed by atoms with Crippen LogP contribution in [0.25, 0.3) is 0 Å². The van der Waals surface area contributed by atoms with Gasteiger partial charge in [-0.1, -0.05) is 33.8 Å². The Bertz CT molecular complexity index is 823. The first-order valence-corrected chi connectivity index (χ1v) is 10.0. The summed E-state index contributed by atoms with van der Waals surface area (Å²) in [7, 11) is 0. The summed E-state index contributed by atoms with van der Waals surface area (Å²) in [6.07, 6.45) is 6.83. The normalized spacial score (nSPS) is 28.6. The fourth-order valence-corrected chi connectivity index (χ4v) is 4.86. The highest BCUT2D eigenvalue weighted by Crippen LogP contribution is 2.58. The van der Waals surface area contributed by atoms with Crippen LogP contribution in [0.4, 0.5) is 0 Å². The molecule has 5 heteroatoms. The van der Waals surface area contributed by atoms with Crippen molar-refractivity contribution < 1.29 is 24.5 Å². The maximum Gasteiger partial charge on any atom is 0.157 e. The second kappa shape index (κ2) is 7.26. The molecule has 1 aromatic carbocycles. The molecule has 0 aromatic heterocycles. The van der Waals surface area contributed by atoms with E-state index >= 15 is 0 Å². The molecule has 1 heterocycles. The van der Waals surface area contributed by atoms with Crippen molar-refractivity contribution in [2.24, 2.45) is 23.7 Å². The third kappa shape index (κ3) is 3.11. The first-order valence-electron chi connectivity index (χ1n) is 10.0. The lowest BCUT2D eigenvalue weighted by atomic mass is 9.63. The van der Waals surface area contributed by atoms with Gasteiger partial charge in [0.15, 0.2) is 12.6 Å². The molecule has 2 aliphatic rings. The van der Waals surface area contributed by atoms with E-state index in [4.69, 9.17) is 4.74 Å². The average Bonchev–Trinajstić information content (AvgIpc) is 2.60. The van der Waals surface area contributed by atoms with Gasteiger partial charge >= 0.3 is 0 Å². The summed E-state index contributed by atoms with van der Waals surface area (Å²) in [6, 6.07) is 0. The lowest BCUT2D eigenvalue weighted by Gasteiger charge is -2.50. The van der Waals surface area contributed by atoms with Crippen molar-refractivity contribution >= 4 is 12.6 Å². The van der Waals surface area contributed by atoms with Crippen LogP contribution in [0.15, 0.2) is 12.2 Å². The number of hydrogen-bond acceptors (Lipinski definition) is 5. The topological polar surface area (TPSA) is 83.8 Å². The number of benzene rings is 1. The van der Waals surface area contributed by atoms with Gasteiger partial charge in [-0.05, 0) is 49.5 Å². The lowest BCUT2D eigenvalue weighted by molar-refractivity contribution is 0.00795. The predicted molar refractivity (Wildman–Crippen MR) is 107 cm³/mol. The Hall–Kier alpha value is -2.30. The fraction of sp³-hybridized carbons (Fsp3) is 0.565. The average molecular weight is 386 g/mol. The van der Waals surface area contributed by atoms with Gasteiger partial charge in [-0.3, -0.25) is 9.59 Å². The highest BCUT2D eigenvalue weighted by Gasteiger charge is 2.50. The maximum absolute atomic E-state index is 11.8. The Labute approximate surface area is 166 Å².